The first-order chi connectivity index (χ1) is 12.6. The van der Waals surface area contributed by atoms with Crippen LogP contribution >= 0.6 is 0 Å². The van der Waals surface area contributed by atoms with E-state index < -0.39 is 0 Å². The molecule has 2 amide bonds. The molecule has 3 fully saturated rings. The van der Waals surface area contributed by atoms with Crippen LogP contribution in [0.15, 0.2) is 6.20 Å². The van der Waals surface area contributed by atoms with Crippen LogP contribution in [0.3, 0.4) is 0 Å². The van der Waals surface area contributed by atoms with Gasteiger partial charge in [-0.15, -0.1) is 0 Å². The lowest BCUT2D eigenvalue weighted by Gasteiger charge is -2.41. The molecule has 1 aromatic heterocycles. The summed E-state index contributed by atoms with van der Waals surface area (Å²) < 4.78 is 2.06. The summed E-state index contributed by atoms with van der Waals surface area (Å²) in [5, 5.41) is 3.32. The molecule has 0 spiro atoms. The molecule has 6 nitrogen and oxygen atoms in total. The lowest BCUT2D eigenvalue weighted by molar-refractivity contribution is -0.138. The minimum absolute atomic E-state index is 0.0646. The zero-order valence-electron chi connectivity index (χ0n) is 15.5. The van der Waals surface area contributed by atoms with Crippen LogP contribution in [0.25, 0.3) is 0 Å². The number of rotatable bonds is 4. The third-order valence-corrected chi connectivity index (χ3v) is 7.21. The summed E-state index contributed by atoms with van der Waals surface area (Å²) in [7, 11) is 0. The predicted octanol–water partition coefficient (Wildman–Crippen LogP) is 1.99. The Labute approximate surface area is 154 Å². The number of likely N-dealkylation sites (tertiary alicyclic amines) is 1. The Balaban J connectivity index is 1.26. The Bertz CT molecular complexity index is 747. The van der Waals surface area contributed by atoms with E-state index in [0.717, 1.165) is 38.1 Å². The summed E-state index contributed by atoms with van der Waals surface area (Å²) in [4.78, 5) is 32.2. The van der Waals surface area contributed by atoms with Crippen molar-refractivity contribution >= 4 is 11.8 Å². The third kappa shape index (κ3) is 2.41. The maximum Gasteiger partial charge on any atom is 0.272 e. The number of hydrogen-bond acceptors (Lipinski definition) is 3. The van der Waals surface area contributed by atoms with Crippen LogP contribution in [-0.2, 0) is 17.8 Å². The van der Waals surface area contributed by atoms with Crippen LogP contribution < -0.4 is 5.32 Å². The highest BCUT2D eigenvalue weighted by molar-refractivity contribution is 5.93. The van der Waals surface area contributed by atoms with E-state index in [4.69, 9.17) is 0 Å². The van der Waals surface area contributed by atoms with Crippen LogP contribution in [0.4, 0.5) is 0 Å². The first-order valence-corrected chi connectivity index (χ1v) is 10.2. The Hall–Kier alpha value is -1.85. The van der Waals surface area contributed by atoms with Crippen molar-refractivity contribution in [2.75, 3.05) is 13.1 Å². The molecule has 6 heteroatoms. The molecule has 2 aliphatic heterocycles. The average molecular weight is 356 g/mol. The summed E-state index contributed by atoms with van der Waals surface area (Å²) in [6.45, 7) is 4.36. The van der Waals surface area contributed by atoms with Crippen molar-refractivity contribution in [1.82, 2.24) is 19.8 Å². The fraction of sp³-hybridized carbons (Fsp3) is 0.750. The Morgan fingerprint density at radius 2 is 2.04 bits per heavy atom. The van der Waals surface area contributed by atoms with Gasteiger partial charge in [-0.1, -0.05) is 13.3 Å². The van der Waals surface area contributed by atoms with Crippen molar-refractivity contribution in [3.8, 4) is 0 Å². The van der Waals surface area contributed by atoms with Crippen molar-refractivity contribution in [2.24, 2.45) is 17.3 Å². The normalized spacial score (nSPS) is 29.3. The average Bonchev–Trinajstić information content (AvgIpc) is 3.01. The Kier molecular flexibility index (Phi) is 3.66. The number of nitrogens with one attached hydrogen (secondary N) is 1. The van der Waals surface area contributed by atoms with Gasteiger partial charge in [-0.3, -0.25) is 9.59 Å². The first-order valence-electron chi connectivity index (χ1n) is 10.2. The molecule has 1 saturated heterocycles. The molecule has 140 valence electrons. The van der Waals surface area contributed by atoms with Gasteiger partial charge in [0.2, 0.25) is 5.91 Å². The number of aromatic nitrogens is 2. The van der Waals surface area contributed by atoms with Crippen LogP contribution in [0.2, 0.25) is 0 Å². The zero-order chi connectivity index (χ0) is 17.9. The number of nitrogens with zero attached hydrogens (tertiary/aromatic N) is 3. The summed E-state index contributed by atoms with van der Waals surface area (Å²) in [5.41, 5.74) is 0.633. The highest BCUT2D eigenvalue weighted by Crippen LogP contribution is 2.57. The highest BCUT2D eigenvalue weighted by atomic mass is 16.2. The number of hydrogen-bond donors (Lipinski definition) is 1. The SMILES string of the molecule is CC1CN(C(=O)c2cnc3n2CCC3)CC1NC(=O)C1(C2CC2)CCC1. The van der Waals surface area contributed by atoms with E-state index in [1.165, 1.54) is 19.3 Å². The zero-order valence-corrected chi connectivity index (χ0v) is 15.5. The van der Waals surface area contributed by atoms with E-state index in [-0.39, 0.29) is 23.3 Å². The van der Waals surface area contributed by atoms with Crippen LogP contribution in [0.5, 0.6) is 0 Å². The summed E-state index contributed by atoms with van der Waals surface area (Å²) in [6, 6.07) is 0.0728. The molecule has 2 aliphatic carbocycles. The summed E-state index contributed by atoms with van der Waals surface area (Å²) >= 11 is 0. The van der Waals surface area contributed by atoms with Gasteiger partial charge in [-0.25, -0.2) is 4.98 Å². The van der Waals surface area contributed by atoms with Crippen molar-refractivity contribution in [2.45, 2.75) is 64.5 Å². The molecule has 4 aliphatic rings. The number of aryl methyl sites for hydroxylation is 1. The number of amides is 2. The molecule has 0 aromatic carbocycles. The largest absolute Gasteiger partial charge is 0.351 e. The van der Waals surface area contributed by atoms with Gasteiger partial charge in [-0.2, -0.15) is 0 Å². The minimum Gasteiger partial charge on any atom is -0.351 e. The van der Waals surface area contributed by atoms with E-state index in [9.17, 15) is 9.59 Å². The fourth-order valence-corrected chi connectivity index (χ4v) is 5.24. The molecular weight excluding hydrogens is 328 g/mol. The van der Waals surface area contributed by atoms with Gasteiger partial charge in [0.05, 0.1) is 17.7 Å². The third-order valence-electron chi connectivity index (χ3n) is 7.21. The van der Waals surface area contributed by atoms with E-state index in [1.54, 1.807) is 6.20 Å². The van der Waals surface area contributed by atoms with E-state index in [2.05, 4.69) is 21.8 Å². The smallest absolute Gasteiger partial charge is 0.272 e. The van der Waals surface area contributed by atoms with Gasteiger partial charge in [0.1, 0.15) is 11.5 Å². The van der Waals surface area contributed by atoms with Crippen molar-refractivity contribution < 1.29 is 9.59 Å². The molecule has 5 rings (SSSR count). The van der Waals surface area contributed by atoms with Crippen molar-refractivity contribution in [3.05, 3.63) is 17.7 Å². The maximum absolute atomic E-state index is 13.0. The molecule has 2 atom stereocenters. The molecule has 2 saturated carbocycles. The van der Waals surface area contributed by atoms with Gasteiger partial charge in [0.15, 0.2) is 0 Å². The second-order valence-electron chi connectivity index (χ2n) is 8.87. The van der Waals surface area contributed by atoms with E-state index in [1.807, 2.05) is 4.90 Å². The first kappa shape index (κ1) is 16.3. The van der Waals surface area contributed by atoms with Gasteiger partial charge in [0.25, 0.3) is 5.91 Å². The number of imidazole rings is 1. The number of fused-ring (bicyclic) bond motifs is 1. The van der Waals surface area contributed by atoms with Gasteiger partial charge in [-0.05, 0) is 43.9 Å². The molecular formula is C20H28N4O2. The maximum atomic E-state index is 13.0. The molecule has 1 aromatic rings. The minimum atomic E-state index is -0.0799. The van der Waals surface area contributed by atoms with Gasteiger partial charge in [0, 0.05) is 26.1 Å². The molecule has 0 bridgehead atoms. The standard InChI is InChI=1S/C20H28N4O2/c1-13-11-23(18(25)16-10-21-17-4-2-9-24(16)17)12-15(13)22-19(26)20(7-3-8-20)14-5-6-14/h10,13-15H,2-9,11-12H2,1H3,(H,22,26). The molecule has 1 N–H and O–H groups in total. The Morgan fingerprint density at radius 3 is 2.73 bits per heavy atom. The van der Waals surface area contributed by atoms with Gasteiger partial charge >= 0.3 is 0 Å². The van der Waals surface area contributed by atoms with Crippen molar-refractivity contribution in [1.29, 1.82) is 0 Å². The topological polar surface area (TPSA) is 67.2 Å². The van der Waals surface area contributed by atoms with Crippen LogP contribution in [0, 0.1) is 17.3 Å². The van der Waals surface area contributed by atoms with Gasteiger partial charge < -0.3 is 14.8 Å². The predicted molar refractivity (Wildman–Crippen MR) is 96.6 cm³/mol. The molecule has 3 heterocycles. The molecule has 26 heavy (non-hydrogen) atoms. The van der Waals surface area contributed by atoms with Crippen LogP contribution in [-0.4, -0.2) is 45.4 Å². The fourth-order valence-electron chi connectivity index (χ4n) is 5.24. The summed E-state index contributed by atoms with van der Waals surface area (Å²) in [5.74, 6) is 2.25. The second-order valence-corrected chi connectivity index (χ2v) is 8.87. The lowest BCUT2D eigenvalue weighted by Crippen LogP contribution is -2.52. The van der Waals surface area contributed by atoms with E-state index in [0.29, 0.717) is 30.6 Å². The van der Waals surface area contributed by atoms with Crippen molar-refractivity contribution in [3.63, 3.8) is 0 Å². The number of carbonyl (C=O) groups is 2. The number of carbonyl (C=O) groups excluding carboxylic acids is 2. The molecule has 2 unspecified atom stereocenters. The molecule has 0 radical (unpaired) electrons. The Morgan fingerprint density at radius 1 is 1.23 bits per heavy atom. The quantitative estimate of drug-likeness (QED) is 0.897. The summed E-state index contributed by atoms with van der Waals surface area (Å²) in [6.07, 6.45) is 9.47. The lowest BCUT2D eigenvalue weighted by atomic mass is 9.64. The second kappa shape index (κ2) is 5.83. The highest BCUT2D eigenvalue weighted by Gasteiger charge is 2.55. The monoisotopic (exact) mass is 356 g/mol. The van der Waals surface area contributed by atoms with Crippen LogP contribution in [0.1, 0.15) is 61.8 Å². The van der Waals surface area contributed by atoms with E-state index >= 15 is 0 Å².